The number of nitrogens with zero attached hydrogens (tertiary/aromatic N) is 2. The van der Waals surface area contributed by atoms with E-state index in [1.54, 1.807) is 11.1 Å². The van der Waals surface area contributed by atoms with E-state index in [-0.39, 0.29) is 17.8 Å². The summed E-state index contributed by atoms with van der Waals surface area (Å²) in [6.07, 6.45) is 1.58. The summed E-state index contributed by atoms with van der Waals surface area (Å²) < 4.78 is 13.4. The number of benzene rings is 1. The Morgan fingerprint density at radius 2 is 2.30 bits per heavy atom. The zero-order chi connectivity index (χ0) is 14.3. The number of carbonyl (C=O) groups is 1. The standard InChI is InChI=1S/C15H18ClFN2O/c1-2-15(9-16)10-18-7-6-13(19(18)14(15)20)11-4-3-5-12(17)8-11/h3-5,8,13H,2,6-7,9-10H2,1H3/t13-,15+/m0/s1. The molecule has 0 aliphatic carbocycles. The van der Waals surface area contributed by atoms with Gasteiger partial charge >= 0.3 is 0 Å². The van der Waals surface area contributed by atoms with Gasteiger partial charge in [-0.3, -0.25) is 9.80 Å². The number of fused-ring (bicyclic) bond motifs is 1. The molecule has 0 aromatic heterocycles. The van der Waals surface area contributed by atoms with E-state index >= 15 is 0 Å². The van der Waals surface area contributed by atoms with Gasteiger partial charge < -0.3 is 0 Å². The quantitative estimate of drug-likeness (QED) is 0.801. The van der Waals surface area contributed by atoms with Crippen molar-refractivity contribution in [3.05, 3.63) is 35.6 Å². The molecule has 2 fully saturated rings. The molecule has 0 N–H and O–H groups in total. The van der Waals surface area contributed by atoms with Crippen molar-refractivity contribution in [3.63, 3.8) is 0 Å². The van der Waals surface area contributed by atoms with Gasteiger partial charge in [0.25, 0.3) is 0 Å². The van der Waals surface area contributed by atoms with Crippen LogP contribution in [0.2, 0.25) is 0 Å². The fraction of sp³-hybridized carbons (Fsp3) is 0.533. The van der Waals surface area contributed by atoms with Crippen LogP contribution >= 0.6 is 11.6 Å². The lowest BCUT2D eigenvalue weighted by molar-refractivity contribution is -0.142. The Labute approximate surface area is 123 Å². The second-order valence-corrected chi connectivity index (χ2v) is 5.93. The molecule has 1 aromatic rings. The van der Waals surface area contributed by atoms with Crippen molar-refractivity contribution in [1.29, 1.82) is 0 Å². The van der Waals surface area contributed by atoms with Crippen molar-refractivity contribution in [2.75, 3.05) is 19.0 Å². The number of alkyl halides is 1. The zero-order valence-corrected chi connectivity index (χ0v) is 12.2. The normalized spacial score (nSPS) is 30.1. The van der Waals surface area contributed by atoms with E-state index in [0.29, 0.717) is 12.4 Å². The molecule has 20 heavy (non-hydrogen) atoms. The monoisotopic (exact) mass is 296 g/mol. The highest BCUT2D eigenvalue weighted by Crippen LogP contribution is 2.44. The van der Waals surface area contributed by atoms with Crippen LogP contribution in [0.25, 0.3) is 0 Å². The van der Waals surface area contributed by atoms with Gasteiger partial charge in [-0.2, -0.15) is 0 Å². The molecule has 2 saturated heterocycles. The number of rotatable bonds is 3. The highest BCUT2D eigenvalue weighted by molar-refractivity contribution is 6.20. The smallest absolute Gasteiger partial charge is 0.246 e. The topological polar surface area (TPSA) is 23.6 Å². The highest BCUT2D eigenvalue weighted by atomic mass is 35.5. The van der Waals surface area contributed by atoms with Crippen molar-refractivity contribution in [3.8, 4) is 0 Å². The van der Waals surface area contributed by atoms with Crippen LogP contribution in [0.1, 0.15) is 31.4 Å². The van der Waals surface area contributed by atoms with Crippen LogP contribution in [-0.4, -0.2) is 34.9 Å². The first kappa shape index (κ1) is 13.8. The van der Waals surface area contributed by atoms with Gasteiger partial charge in [0.1, 0.15) is 5.82 Å². The van der Waals surface area contributed by atoms with Gasteiger partial charge in [0, 0.05) is 19.0 Å². The van der Waals surface area contributed by atoms with Gasteiger partial charge in [0.05, 0.1) is 11.5 Å². The molecule has 0 bridgehead atoms. The third kappa shape index (κ3) is 1.93. The molecule has 0 saturated carbocycles. The maximum Gasteiger partial charge on any atom is 0.246 e. The summed E-state index contributed by atoms with van der Waals surface area (Å²) in [4.78, 5) is 12.7. The van der Waals surface area contributed by atoms with E-state index in [2.05, 4.69) is 5.01 Å². The Bertz CT molecular complexity index is 532. The molecule has 3 nitrogen and oxygen atoms in total. The molecule has 0 unspecified atom stereocenters. The molecule has 0 radical (unpaired) electrons. The zero-order valence-electron chi connectivity index (χ0n) is 11.5. The Morgan fingerprint density at radius 3 is 2.95 bits per heavy atom. The molecule has 2 aliphatic rings. The predicted octanol–water partition coefficient (Wildman–Crippen LogP) is 2.96. The summed E-state index contributed by atoms with van der Waals surface area (Å²) in [5.74, 6) is 0.166. The second-order valence-electron chi connectivity index (χ2n) is 5.66. The average Bonchev–Trinajstić information content (AvgIpc) is 2.98. The van der Waals surface area contributed by atoms with Crippen molar-refractivity contribution in [2.24, 2.45) is 5.41 Å². The summed E-state index contributed by atoms with van der Waals surface area (Å²) in [6, 6.07) is 6.47. The van der Waals surface area contributed by atoms with Crippen LogP contribution in [-0.2, 0) is 4.79 Å². The summed E-state index contributed by atoms with van der Waals surface area (Å²) in [5.41, 5.74) is 0.385. The van der Waals surface area contributed by atoms with Crippen molar-refractivity contribution in [1.82, 2.24) is 10.0 Å². The van der Waals surface area contributed by atoms with Crippen molar-refractivity contribution < 1.29 is 9.18 Å². The van der Waals surface area contributed by atoms with Crippen molar-refractivity contribution in [2.45, 2.75) is 25.8 Å². The van der Waals surface area contributed by atoms with Crippen LogP contribution in [0.4, 0.5) is 4.39 Å². The molecule has 0 spiro atoms. The molecule has 3 rings (SSSR count). The number of halogens is 2. The average molecular weight is 297 g/mol. The third-order valence-electron chi connectivity index (χ3n) is 4.57. The first-order chi connectivity index (χ1) is 9.61. The van der Waals surface area contributed by atoms with Gasteiger partial charge in [0.15, 0.2) is 0 Å². The van der Waals surface area contributed by atoms with Crippen LogP contribution in [0.3, 0.4) is 0 Å². The molecule has 108 valence electrons. The van der Waals surface area contributed by atoms with E-state index in [0.717, 1.165) is 24.9 Å². The minimum atomic E-state index is -0.479. The summed E-state index contributed by atoms with van der Waals surface area (Å²) >= 11 is 6.06. The minimum Gasteiger partial charge on any atom is -0.273 e. The minimum absolute atomic E-state index is 0.0603. The molecule has 1 aromatic carbocycles. The Balaban J connectivity index is 1.92. The largest absolute Gasteiger partial charge is 0.273 e. The van der Waals surface area contributed by atoms with Crippen LogP contribution in [0.15, 0.2) is 24.3 Å². The summed E-state index contributed by atoms with van der Waals surface area (Å²) in [7, 11) is 0. The van der Waals surface area contributed by atoms with Crippen LogP contribution in [0, 0.1) is 11.2 Å². The fourth-order valence-corrected chi connectivity index (χ4v) is 3.65. The van der Waals surface area contributed by atoms with E-state index in [4.69, 9.17) is 11.6 Å². The first-order valence-corrected chi connectivity index (χ1v) is 7.55. The van der Waals surface area contributed by atoms with Crippen LogP contribution in [0.5, 0.6) is 0 Å². The van der Waals surface area contributed by atoms with Gasteiger partial charge in [-0.15, -0.1) is 11.6 Å². The Hall–Kier alpha value is -1.13. The summed E-state index contributed by atoms with van der Waals surface area (Å²) in [6.45, 7) is 3.50. The second kappa shape index (κ2) is 5.01. The fourth-order valence-electron chi connectivity index (χ4n) is 3.26. The molecule has 1 amide bonds. The van der Waals surface area contributed by atoms with Crippen molar-refractivity contribution >= 4 is 17.5 Å². The lowest BCUT2D eigenvalue weighted by Crippen LogP contribution is -2.38. The van der Waals surface area contributed by atoms with Crippen LogP contribution < -0.4 is 0 Å². The van der Waals surface area contributed by atoms with E-state index < -0.39 is 5.41 Å². The van der Waals surface area contributed by atoms with Gasteiger partial charge in [-0.05, 0) is 30.5 Å². The maximum atomic E-state index is 13.4. The van der Waals surface area contributed by atoms with Gasteiger partial charge in [-0.1, -0.05) is 19.1 Å². The molecule has 5 heteroatoms. The van der Waals surface area contributed by atoms with E-state index in [1.807, 2.05) is 13.0 Å². The maximum absolute atomic E-state index is 13.4. The number of hydrazine groups is 1. The molecule has 2 atom stereocenters. The first-order valence-electron chi connectivity index (χ1n) is 7.01. The Kier molecular flexibility index (Phi) is 3.46. The number of hydrogen-bond donors (Lipinski definition) is 0. The lowest BCUT2D eigenvalue weighted by atomic mass is 9.86. The molecule has 2 heterocycles. The highest BCUT2D eigenvalue weighted by Gasteiger charge is 2.53. The molecular formula is C15H18ClFN2O. The number of carbonyl (C=O) groups excluding carboxylic acids is 1. The van der Waals surface area contributed by atoms with Gasteiger partial charge in [0.2, 0.25) is 5.91 Å². The molecular weight excluding hydrogens is 279 g/mol. The number of amides is 1. The van der Waals surface area contributed by atoms with E-state index in [9.17, 15) is 9.18 Å². The SMILES string of the molecule is CC[C@@]1(CCl)CN2CC[C@@H](c3cccc(F)c3)N2C1=O. The number of hydrogen-bond acceptors (Lipinski definition) is 2. The van der Waals surface area contributed by atoms with Gasteiger partial charge in [-0.25, -0.2) is 9.40 Å². The summed E-state index contributed by atoms with van der Waals surface area (Å²) in [5, 5.41) is 3.88. The molecule has 2 aliphatic heterocycles. The predicted molar refractivity (Wildman–Crippen MR) is 75.6 cm³/mol. The third-order valence-corrected chi connectivity index (χ3v) is 5.09. The Morgan fingerprint density at radius 1 is 1.50 bits per heavy atom. The van der Waals surface area contributed by atoms with E-state index in [1.165, 1.54) is 12.1 Å². The lowest BCUT2D eigenvalue weighted by Gasteiger charge is -2.27.